The van der Waals surface area contributed by atoms with Crippen molar-refractivity contribution < 1.29 is 17.9 Å². The lowest BCUT2D eigenvalue weighted by Gasteiger charge is -2.29. The lowest BCUT2D eigenvalue weighted by Crippen LogP contribution is -2.36. The Morgan fingerprint density at radius 1 is 1.23 bits per heavy atom. The molecule has 6 nitrogen and oxygen atoms in total. The summed E-state index contributed by atoms with van der Waals surface area (Å²) in [6.07, 6.45) is 0.212. The lowest BCUT2D eigenvalue weighted by atomic mass is 10.0. The molecule has 2 saturated heterocycles. The van der Waals surface area contributed by atoms with Crippen LogP contribution in [0.25, 0.3) is 10.9 Å². The van der Waals surface area contributed by atoms with Gasteiger partial charge in [0.2, 0.25) is 0 Å². The Labute approximate surface area is 177 Å². The van der Waals surface area contributed by atoms with Crippen LogP contribution in [0.2, 0.25) is 0 Å². The molecule has 2 fully saturated rings. The van der Waals surface area contributed by atoms with Crippen LogP contribution in [-0.4, -0.2) is 40.5 Å². The minimum Gasteiger partial charge on any atom is -0.374 e. The highest BCUT2D eigenvalue weighted by Gasteiger charge is 2.39. The summed E-state index contributed by atoms with van der Waals surface area (Å²) in [4.78, 5) is 6.89. The van der Waals surface area contributed by atoms with E-state index in [1.165, 1.54) is 12.1 Å². The van der Waals surface area contributed by atoms with Crippen molar-refractivity contribution in [1.82, 2.24) is 15.2 Å². The summed E-state index contributed by atoms with van der Waals surface area (Å²) in [7, 11) is 0. The second-order valence-corrected chi connectivity index (χ2v) is 8.14. The SMILES string of the molecule is Cc1nnc(NC(C)c2cccc(C(F)F)c2F)c2cc(N3C[C@@H]4C[C@H]3CO4)cnc12. The molecule has 0 saturated carbocycles. The molecule has 1 N–H and O–H groups in total. The molecule has 4 heterocycles. The maximum Gasteiger partial charge on any atom is 0.266 e. The fraction of sp³-hybridized carbons (Fsp3) is 0.409. The zero-order valence-electron chi connectivity index (χ0n) is 17.1. The topological polar surface area (TPSA) is 63.2 Å². The number of morpholine rings is 1. The Bertz CT molecular complexity index is 1140. The van der Waals surface area contributed by atoms with Gasteiger partial charge in [0.1, 0.15) is 5.82 Å². The Hall–Kier alpha value is -2.94. The molecule has 3 atom stereocenters. The number of hydrogen-bond donors (Lipinski definition) is 1. The molecule has 1 aromatic carbocycles. The maximum absolute atomic E-state index is 14.6. The van der Waals surface area contributed by atoms with Crippen molar-refractivity contribution in [2.75, 3.05) is 23.4 Å². The molecular formula is C22H22F3N5O. The first-order valence-electron chi connectivity index (χ1n) is 10.3. The van der Waals surface area contributed by atoms with Crippen molar-refractivity contribution in [3.05, 3.63) is 53.1 Å². The van der Waals surface area contributed by atoms with Gasteiger partial charge in [-0.25, -0.2) is 13.2 Å². The van der Waals surface area contributed by atoms with Gasteiger partial charge >= 0.3 is 0 Å². The van der Waals surface area contributed by atoms with Crippen LogP contribution in [0.3, 0.4) is 0 Å². The Balaban J connectivity index is 1.50. The van der Waals surface area contributed by atoms with E-state index in [4.69, 9.17) is 4.74 Å². The van der Waals surface area contributed by atoms with E-state index in [9.17, 15) is 13.2 Å². The molecule has 31 heavy (non-hydrogen) atoms. The van der Waals surface area contributed by atoms with E-state index < -0.39 is 23.8 Å². The molecule has 3 aromatic rings. The van der Waals surface area contributed by atoms with E-state index in [0.29, 0.717) is 29.7 Å². The predicted molar refractivity (Wildman–Crippen MR) is 111 cm³/mol. The smallest absolute Gasteiger partial charge is 0.266 e. The molecule has 2 aliphatic rings. The van der Waals surface area contributed by atoms with Gasteiger partial charge in [-0.15, -0.1) is 5.10 Å². The van der Waals surface area contributed by atoms with E-state index in [0.717, 1.165) is 30.1 Å². The third kappa shape index (κ3) is 3.46. The molecule has 2 aliphatic heterocycles. The standard InChI is InChI=1S/C22H22F3N5O/c1-11(16-4-3-5-17(19(16)23)21(24)25)27-22-18-7-13(8-26-20(18)12(2)28-29-22)30-9-15-6-14(30)10-31-15/h3-5,7-8,11,14-15,21H,6,9-10H2,1-2H3,(H,27,29)/t11?,14-,15-/m0/s1. The van der Waals surface area contributed by atoms with Crippen LogP contribution >= 0.6 is 0 Å². The van der Waals surface area contributed by atoms with Gasteiger partial charge in [0.25, 0.3) is 6.43 Å². The first kappa shape index (κ1) is 20.0. The number of fused-ring (bicyclic) bond motifs is 3. The number of anilines is 2. The van der Waals surface area contributed by atoms with Crippen molar-refractivity contribution >= 4 is 22.4 Å². The number of hydrogen-bond acceptors (Lipinski definition) is 6. The average molecular weight is 429 g/mol. The Morgan fingerprint density at radius 3 is 2.74 bits per heavy atom. The quantitative estimate of drug-likeness (QED) is 0.642. The minimum absolute atomic E-state index is 0.145. The number of aryl methyl sites for hydroxylation is 1. The fourth-order valence-corrected chi connectivity index (χ4v) is 4.48. The van der Waals surface area contributed by atoms with E-state index in [1.54, 1.807) is 6.92 Å². The number of benzene rings is 1. The highest BCUT2D eigenvalue weighted by Crippen LogP contribution is 2.35. The predicted octanol–water partition coefficient (Wildman–Crippen LogP) is 4.56. The summed E-state index contributed by atoms with van der Waals surface area (Å²) >= 11 is 0. The van der Waals surface area contributed by atoms with Crippen LogP contribution in [0, 0.1) is 12.7 Å². The Morgan fingerprint density at radius 2 is 2.03 bits per heavy atom. The minimum atomic E-state index is -2.88. The van der Waals surface area contributed by atoms with Gasteiger partial charge < -0.3 is 15.0 Å². The molecular weight excluding hydrogens is 407 g/mol. The normalized spacial score (nSPS) is 21.3. The zero-order chi connectivity index (χ0) is 21.7. The van der Waals surface area contributed by atoms with Gasteiger partial charge in [-0.1, -0.05) is 18.2 Å². The number of ether oxygens (including phenoxy) is 1. The van der Waals surface area contributed by atoms with Gasteiger partial charge in [0.05, 0.1) is 53.5 Å². The molecule has 0 aliphatic carbocycles. The fourth-order valence-electron chi connectivity index (χ4n) is 4.48. The van der Waals surface area contributed by atoms with Crippen molar-refractivity contribution in [3.63, 3.8) is 0 Å². The maximum atomic E-state index is 14.6. The summed E-state index contributed by atoms with van der Waals surface area (Å²) in [5, 5.41) is 12.3. The third-order valence-corrected chi connectivity index (χ3v) is 6.12. The monoisotopic (exact) mass is 429 g/mol. The zero-order valence-corrected chi connectivity index (χ0v) is 17.1. The molecule has 5 rings (SSSR count). The molecule has 2 bridgehead atoms. The largest absolute Gasteiger partial charge is 0.374 e. The van der Waals surface area contributed by atoms with Crippen molar-refractivity contribution in [2.24, 2.45) is 0 Å². The summed E-state index contributed by atoms with van der Waals surface area (Å²) in [5.74, 6) is -0.473. The third-order valence-electron chi connectivity index (χ3n) is 6.12. The van der Waals surface area contributed by atoms with E-state index in [2.05, 4.69) is 25.4 Å². The van der Waals surface area contributed by atoms with Gasteiger partial charge in [-0.3, -0.25) is 4.98 Å². The Kier molecular flexibility index (Phi) is 4.92. The molecule has 0 amide bonds. The van der Waals surface area contributed by atoms with Crippen LogP contribution < -0.4 is 10.2 Å². The number of halogens is 3. The second-order valence-electron chi connectivity index (χ2n) is 8.14. The molecule has 9 heteroatoms. The number of pyridine rings is 1. The van der Waals surface area contributed by atoms with Gasteiger partial charge in [-0.2, -0.15) is 5.10 Å². The summed E-state index contributed by atoms with van der Waals surface area (Å²) in [5.41, 5.74) is 1.87. The number of nitrogens with zero attached hydrogens (tertiary/aromatic N) is 4. The highest BCUT2D eigenvalue weighted by molar-refractivity contribution is 5.92. The first-order valence-corrected chi connectivity index (χ1v) is 10.3. The lowest BCUT2D eigenvalue weighted by molar-refractivity contribution is 0.0991. The van der Waals surface area contributed by atoms with Crippen molar-refractivity contribution in [3.8, 4) is 0 Å². The number of rotatable bonds is 5. The number of alkyl halides is 2. The molecule has 0 spiro atoms. The molecule has 162 valence electrons. The summed E-state index contributed by atoms with van der Waals surface area (Å²) < 4.78 is 46.5. The number of nitrogens with one attached hydrogen (secondary N) is 1. The number of aromatic nitrogens is 3. The van der Waals surface area contributed by atoms with E-state index in [1.807, 2.05) is 19.2 Å². The van der Waals surface area contributed by atoms with Crippen LogP contribution in [0.5, 0.6) is 0 Å². The molecule has 1 unspecified atom stereocenters. The van der Waals surface area contributed by atoms with Crippen molar-refractivity contribution in [2.45, 2.75) is 44.9 Å². The van der Waals surface area contributed by atoms with Crippen LogP contribution in [-0.2, 0) is 4.74 Å². The second kappa shape index (κ2) is 7.64. The summed E-state index contributed by atoms with van der Waals surface area (Å²) in [6, 6.07) is 5.77. The highest BCUT2D eigenvalue weighted by atomic mass is 19.3. The van der Waals surface area contributed by atoms with Gasteiger partial charge in [-0.05, 0) is 26.3 Å². The van der Waals surface area contributed by atoms with E-state index >= 15 is 0 Å². The molecule has 2 aromatic heterocycles. The van der Waals surface area contributed by atoms with Crippen LogP contribution in [0.1, 0.15) is 42.6 Å². The molecule has 0 radical (unpaired) electrons. The first-order chi connectivity index (χ1) is 14.9. The van der Waals surface area contributed by atoms with Gasteiger partial charge in [0, 0.05) is 17.5 Å². The summed E-state index contributed by atoms with van der Waals surface area (Å²) in [6.45, 7) is 5.06. The van der Waals surface area contributed by atoms with E-state index in [-0.39, 0.29) is 11.7 Å². The van der Waals surface area contributed by atoms with Crippen molar-refractivity contribution in [1.29, 1.82) is 0 Å². The average Bonchev–Trinajstić information content (AvgIpc) is 3.39. The van der Waals surface area contributed by atoms with Gasteiger partial charge in [0.15, 0.2) is 5.82 Å². The van der Waals surface area contributed by atoms with Crippen LogP contribution in [0.4, 0.5) is 24.7 Å². The van der Waals surface area contributed by atoms with Crippen LogP contribution in [0.15, 0.2) is 30.5 Å².